The zero-order valence-electron chi connectivity index (χ0n) is 11.5. The second kappa shape index (κ2) is 6.15. The van der Waals surface area contributed by atoms with Gasteiger partial charge in [-0.05, 0) is 54.3 Å². The lowest BCUT2D eigenvalue weighted by molar-refractivity contribution is 0.386. The summed E-state index contributed by atoms with van der Waals surface area (Å²) < 4.78 is 18.7. The minimum Gasteiger partial charge on any atom is -0.494 e. The highest BCUT2D eigenvalue weighted by Crippen LogP contribution is 2.37. The summed E-state index contributed by atoms with van der Waals surface area (Å²) in [6, 6.07) is 8.87. The molecule has 2 rings (SSSR count). The van der Waals surface area contributed by atoms with E-state index in [1.807, 2.05) is 32.0 Å². The summed E-state index contributed by atoms with van der Waals surface area (Å²) >= 11 is 9.89. The van der Waals surface area contributed by atoms with Crippen molar-refractivity contribution in [3.8, 4) is 5.75 Å². The first-order chi connectivity index (χ1) is 9.43. The Morgan fingerprint density at radius 3 is 2.40 bits per heavy atom. The molecule has 0 saturated heterocycles. The zero-order chi connectivity index (χ0) is 14.9. The standard InChI is InChI=1S/C16H15BrClFO/c1-9-6-12(13(18)7-10(9)2)16(17)11-4-5-15(20-3)14(19)8-11/h4-8,16H,1-3H3. The molecule has 1 atom stereocenters. The third kappa shape index (κ3) is 2.99. The van der Waals surface area contributed by atoms with E-state index in [2.05, 4.69) is 15.9 Å². The highest BCUT2D eigenvalue weighted by Gasteiger charge is 2.16. The van der Waals surface area contributed by atoms with E-state index in [9.17, 15) is 4.39 Å². The third-order valence-electron chi connectivity index (χ3n) is 3.35. The molecule has 1 unspecified atom stereocenters. The molecule has 0 bridgehead atoms. The number of benzene rings is 2. The van der Waals surface area contributed by atoms with Crippen LogP contribution in [0.15, 0.2) is 30.3 Å². The van der Waals surface area contributed by atoms with Gasteiger partial charge < -0.3 is 4.74 Å². The summed E-state index contributed by atoms with van der Waals surface area (Å²) in [6.07, 6.45) is 0. The van der Waals surface area contributed by atoms with Gasteiger partial charge in [0.2, 0.25) is 0 Å². The van der Waals surface area contributed by atoms with Gasteiger partial charge >= 0.3 is 0 Å². The van der Waals surface area contributed by atoms with E-state index in [0.29, 0.717) is 5.02 Å². The van der Waals surface area contributed by atoms with Gasteiger partial charge in [0.05, 0.1) is 11.9 Å². The Balaban J connectivity index is 2.43. The number of hydrogen-bond acceptors (Lipinski definition) is 1. The topological polar surface area (TPSA) is 9.23 Å². The highest BCUT2D eigenvalue weighted by atomic mass is 79.9. The molecule has 0 aromatic heterocycles. The summed E-state index contributed by atoms with van der Waals surface area (Å²) in [5, 5.41) is 0.672. The molecule has 0 aliphatic rings. The third-order valence-corrected chi connectivity index (χ3v) is 4.70. The molecule has 0 spiro atoms. The number of alkyl halides is 1. The molecule has 0 N–H and O–H groups in total. The molecule has 0 aliphatic heterocycles. The molecule has 4 heteroatoms. The molecule has 106 valence electrons. The summed E-state index contributed by atoms with van der Waals surface area (Å²) in [4.78, 5) is -0.158. The predicted octanol–water partition coefficient (Wildman–Crippen LogP) is 5.59. The van der Waals surface area contributed by atoms with Crippen molar-refractivity contribution < 1.29 is 9.13 Å². The van der Waals surface area contributed by atoms with Crippen molar-refractivity contribution in [3.05, 3.63) is 63.4 Å². The minimum absolute atomic E-state index is 0.158. The van der Waals surface area contributed by atoms with Crippen LogP contribution in [0.1, 0.15) is 27.1 Å². The molecular formula is C16H15BrClFO. The Hall–Kier alpha value is -1.06. The maximum absolute atomic E-state index is 13.8. The van der Waals surface area contributed by atoms with Gasteiger partial charge in [-0.1, -0.05) is 39.7 Å². The molecule has 2 aromatic carbocycles. The number of ether oxygens (including phenoxy) is 1. The average Bonchev–Trinajstić information content (AvgIpc) is 2.42. The van der Waals surface area contributed by atoms with Crippen molar-refractivity contribution in [1.29, 1.82) is 0 Å². The summed E-state index contributed by atoms with van der Waals surface area (Å²) in [6.45, 7) is 4.05. The largest absolute Gasteiger partial charge is 0.494 e. The van der Waals surface area contributed by atoms with E-state index in [-0.39, 0.29) is 16.4 Å². The maximum Gasteiger partial charge on any atom is 0.165 e. The van der Waals surface area contributed by atoms with Crippen molar-refractivity contribution in [2.24, 2.45) is 0 Å². The fourth-order valence-corrected chi connectivity index (χ4v) is 3.14. The van der Waals surface area contributed by atoms with Gasteiger partial charge in [-0.25, -0.2) is 4.39 Å². The van der Waals surface area contributed by atoms with Crippen molar-refractivity contribution >= 4 is 27.5 Å². The second-order valence-electron chi connectivity index (χ2n) is 4.71. The van der Waals surface area contributed by atoms with E-state index in [0.717, 1.165) is 22.3 Å². The zero-order valence-corrected chi connectivity index (χ0v) is 13.8. The summed E-state index contributed by atoms with van der Waals surface area (Å²) in [5.74, 6) is -0.144. The van der Waals surface area contributed by atoms with E-state index in [4.69, 9.17) is 16.3 Å². The van der Waals surface area contributed by atoms with E-state index in [1.54, 1.807) is 6.07 Å². The number of halogens is 3. The maximum atomic E-state index is 13.8. The van der Waals surface area contributed by atoms with Crippen molar-refractivity contribution in [1.82, 2.24) is 0 Å². The monoisotopic (exact) mass is 356 g/mol. The molecule has 0 aliphatic carbocycles. The lowest BCUT2D eigenvalue weighted by Gasteiger charge is -2.15. The number of rotatable bonds is 3. The summed E-state index contributed by atoms with van der Waals surface area (Å²) in [7, 11) is 1.45. The fraction of sp³-hybridized carbons (Fsp3) is 0.250. The van der Waals surface area contributed by atoms with Gasteiger partial charge in [-0.2, -0.15) is 0 Å². The molecule has 0 amide bonds. The van der Waals surface area contributed by atoms with Crippen LogP contribution in [0.4, 0.5) is 4.39 Å². The molecule has 0 fully saturated rings. The van der Waals surface area contributed by atoms with Crippen LogP contribution < -0.4 is 4.74 Å². The van der Waals surface area contributed by atoms with Gasteiger partial charge in [-0.3, -0.25) is 0 Å². The molecule has 1 nitrogen and oxygen atoms in total. The van der Waals surface area contributed by atoms with Crippen LogP contribution in [0.25, 0.3) is 0 Å². The smallest absolute Gasteiger partial charge is 0.165 e. The van der Waals surface area contributed by atoms with Gasteiger partial charge in [0.25, 0.3) is 0 Å². The number of hydrogen-bond donors (Lipinski definition) is 0. The van der Waals surface area contributed by atoms with Crippen molar-refractivity contribution in [3.63, 3.8) is 0 Å². The second-order valence-corrected chi connectivity index (χ2v) is 6.04. The molecule has 0 saturated carbocycles. The highest BCUT2D eigenvalue weighted by molar-refractivity contribution is 9.09. The van der Waals surface area contributed by atoms with E-state index >= 15 is 0 Å². The van der Waals surface area contributed by atoms with Crippen LogP contribution in [-0.4, -0.2) is 7.11 Å². The Morgan fingerprint density at radius 1 is 1.15 bits per heavy atom. The van der Waals surface area contributed by atoms with Crippen molar-refractivity contribution in [2.75, 3.05) is 7.11 Å². The SMILES string of the molecule is COc1ccc(C(Br)c2cc(C)c(C)cc2Cl)cc1F. The quantitative estimate of drug-likeness (QED) is 0.651. The summed E-state index contributed by atoms with van der Waals surface area (Å²) in [5.41, 5.74) is 4.02. The van der Waals surface area contributed by atoms with Gasteiger partial charge in [0, 0.05) is 5.02 Å². The van der Waals surface area contributed by atoms with Crippen LogP contribution in [0.3, 0.4) is 0 Å². The van der Waals surface area contributed by atoms with E-state index in [1.165, 1.54) is 13.2 Å². The number of methoxy groups -OCH3 is 1. The van der Waals surface area contributed by atoms with Gasteiger partial charge in [0.15, 0.2) is 11.6 Å². The lowest BCUT2D eigenvalue weighted by atomic mass is 10.00. The molecule has 0 heterocycles. The molecular weight excluding hydrogens is 343 g/mol. The molecule has 0 radical (unpaired) electrons. The Kier molecular flexibility index (Phi) is 4.71. The Morgan fingerprint density at radius 2 is 1.80 bits per heavy atom. The van der Waals surface area contributed by atoms with Crippen molar-refractivity contribution in [2.45, 2.75) is 18.7 Å². The normalized spacial score (nSPS) is 12.3. The van der Waals surface area contributed by atoms with Crippen LogP contribution >= 0.6 is 27.5 Å². The van der Waals surface area contributed by atoms with Gasteiger partial charge in [-0.15, -0.1) is 0 Å². The first-order valence-electron chi connectivity index (χ1n) is 6.18. The van der Waals surface area contributed by atoms with Crippen LogP contribution in [0.2, 0.25) is 5.02 Å². The number of aryl methyl sites for hydroxylation is 2. The van der Waals surface area contributed by atoms with Crippen LogP contribution in [-0.2, 0) is 0 Å². The Bertz CT molecular complexity index is 643. The minimum atomic E-state index is -0.380. The first-order valence-corrected chi connectivity index (χ1v) is 7.47. The molecule has 2 aromatic rings. The lowest BCUT2D eigenvalue weighted by Crippen LogP contribution is -1.98. The van der Waals surface area contributed by atoms with Crippen LogP contribution in [0, 0.1) is 19.7 Å². The predicted molar refractivity (Wildman–Crippen MR) is 84.6 cm³/mol. The Labute approximate surface area is 131 Å². The van der Waals surface area contributed by atoms with E-state index < -0.39 is 0 Å². The fourth-order valence-electron chi connectivity index (χ4n) is 2.02. The average molecular weight is 358 g/mol. The molecule has 20 heavy (non-hydrogen) atoms. The first kappa shape index (κ1) is 15.3. The van der Waals surface area contributed by atoms with Gasteiger partial charge in [0.1, 0.15) is 0 Å². The van der Waals surface area contributed by atoms with Crippen LogP contribution in [0.5, 0.6) is 5.75 Å².